The number of nitrogens with zero attached hydrogens (tertiary/aromatic N) is 1. The van der Waals surface area contributed by atoms with Gasteiger partial charge in [0.05, 0.1) is 18.2 Å². The number of carbonyl (C=O) groups is 2. The average molecular weight is 456 g/mol. The van der Waals surface area contributed by atoms with Gasteiger partial charge in [0.1, 0.15) is 29.6 Å². The zero-order chi connectivity index (χ0) is 24.1. The summed E-state index contributed by atoms with van der Waals surface area (Å²) in [5.41, 5.74) is -0.160. The number of aliphatic hydroxyl groups excluding tert-OH is 2. The molecule has 2 N–H and O–H groups in total. The standard InChI is InChI=1S/C26H33NO6/c1-16(2)22-24(30)21(26(31)27(22)4)18(28)13-11-9-7-5-6-8-10-12-14-19-23(29)25-20(33-19)15-17(3)32-25/h5-14,16-17,19-20,22-23,25,28-29H,15H2,1-4H3/t17-,19+,20-,22-,23+,25+/m0/s1. The first-order valence-corrected chi connectivity index (χ1v) is 11.3. The summed E-state index contributed by atoms with van der Waals surface area (Å²) in [7, 11) is 1.57. The van der Waals surface area contributed by atoms with E-state index in [0.717, 1.165) is 6.42 Å². The molecule has 33 heavy (non-hydrogen) atoms. The summed E-state index contributed by atoms with van der Waals surface area (Å²) in [4.78, 5) is 26.1. The van der Waals surface area contributed by atoms with Crippen LogP contribution in [0.4, 0.5) is 0 Å². The number of rotatable bonds is 7. The van der Waals surface area contributed by atoms with Crippen molar-refractivity contribution < 1.29 is 29.3 Å². The van der Waals surface area contributed by atoms with Gasteiger partial charge in [-0.1, -0.05) is 68.5 Å². The molecule has 0 bridgehead atoms. The number of hydrogen-bond donors (Lipinski definition) is 2. The summed E-state index contributed by atoms with van der Waals surface area (Å²) < 4.78 is 11.5. The molecule has 7 heteroatoms. The van der Waals surface area contributed by atoms with Crippen molar-refractivity contribution in [3.05, 3.63) is 72.1 Å². The van der Waals surface area contributed by atoms with Crippen molar-refractivity contribution >= 4 is 11.7 Å². The number of aliphatic hydroxyl groups is 2. The Bertz CT molecular complexity index is 925. The summed E-state index contributed by atoms with van der Waals surface area (Å²) >= 11 is 0. The minimum atomic E-state index is -0.646. The fourth-order valence-corrected chi connectivity index (χ4v) is 4.44. The van der Waals surface area contributed by atoms with E-state index in [1.807, 2.05) is 51.2 Å². The van der Waals surface area contributed by atoms with Gasteiger partial charge in [-0.2, -0.15) is 0 Å². The van der Waals surface area contributed by atoms with Crippen LogP contribution in [0, 0.1) is 5.92 Å². The van der Waals surface area contributed by atoms with Gasteiger partial charge in [-0.15, -0.1) is 0 Å². The SMILES string of the molecule is CC(C)[C@H]1C(=O)C(=C(O)C=CC=CC=CC=CC=C[C@H]2O[C@H]3C[C@H](C)O[C@H]3[C@@H]2O)C(=O)N1C. The van der Waals surface area contributed by atoms with Gasteiger partial charge >= 0.3 is 0 Å². The molecule has 178 valence electrons. The molecule has 0 aromatic carbocycles. The molecule has 3 heterocycles. The molecule has 3 aliphatic rings. The molecule has 3 aliphatic heterocycles. The molecule has 1 amide bonds. The van der Waals surface area contributed by atoms with Crippen molar-refractivity contribution in [3.8, 4) is 0 Å². The van der Waals surface area contributed by atoms with Crippen LogP contribution in [-0.2, 0) is 19.1 Å². The molecule has 3 fully saturated rings. The van der Waals surface area contributed by atoms with Crippen molar-refractivity contribution in [1.29, 1.82) is 0 Å². The Kier molecular flexibility index (Phi) is 8.24. The molecular weight excluding hydrogens is 422 g/mol. The Morgan fingerprint density at radius 1 is 1.03 bits per heavy atom. The van der Waals surface area contributed by atoms with E-state index < -0.39 is 18.1 Å². The van der Waals surface area contributed by atoms with Crippen molar-refractivity contribution in [2.45, 2.75) is 63.8 Å². The van der Waals surface area contributed by atoms with Crippen LogP contribution in [0.1, 0.15) is 27.2 Å². The molecule has 7 nitrogen and oxygen atoms in total. The van der Waals surface area contributed by atoms with Crippen LogP contribution < -0.4 is 0 Å². The number of ether oxygens (including phenoxy) is 2. The number of ketones is 1. The van der Waals surface area contributed by atoms with Gasteiger partial charge in [0.25, 0.3) is 5.91 Å². The Hall–Kier alpha value is -2.74. The fraction of sp³-hybridized carbons (Fsp3) is 0.462. The molecular formula is C26H33NO6. The van der Waals surface area contributed by atoms with Crippen LogP contribution in [0.5, 0.6) is 0 Å². The maximum atomic E-state index is 12.5. The average Bonchev–Trinajstić information content (AvgIpc) is 3.33. The molecule has 0 aromatic rings. The number of likely N-dealkylation sites (tertiary alicyclic amines) is 1. The second-order valence-corrected chi connectivity index (χ2v) is 8.90. The van der Waals surface area contributed by atoms with Gasteiger partial charge in [0.2, 0.25) is 0 Å². The van der Waals surface area contributed by atoms with Gasteiger partial charge < -0.3 is 24.6 Å². The number of amides is 1. The summed E-state index contributed by atoms with van der Waals surface area (Å²) in [5, 5.41) is 20.5. The Morgan fingerprint density at radius 3 is 2.21 bits per heavy atom. The Balaban J connectivity index is 1.46. The van der Waals surface area contributed by atoms with E-state index in [4.69, 9.17) is 9.47 Å². The first kappa shape index (κ1) is 24.9. The number of likely N-dealkylation sites (N-methyl/N-ethyl adjacent to an activating group) is 1. The van der Waals surface area contributed by atoms with Gasteiger partial charge in [0.15, 0.2) is 5.78 Å². The third-order valence-electron chi connectivity index (χ3n) is 6.01. The smallest absolute Gasteiger partial charge is 0.261 e. The lowest BCUT2D eigenvalue weighted by Gasteiger charge is -2.20. The quantitative estimate of drug-likeness (QED) is 0.265. The van der Waals surface area contributed by atoms with Crippen LogP contribution in [0.15, 0.2) is 72.1 Å². The lowest BCUT2D eigenvalue weighted by molar-refractivity contribution is -0.126. The molecule has 0 saturated carbocycles. The summed E-state index contributed by atoms with van der Waals surface area (Å²) in [6.45, 7) is 5.72. The molecule has 0 radical (unpaired) electrons. The zero-order valence-corrected chi connectivity index (χ0v) is 19.5. The highest BCUT2D eigenvalue weighted by molar-refractivity contribution is 6.27. The first-order valence-electron chi connectivity index (χ1n) is 11.3. The third-order valence-corrected chi connectivity index (χ3v) is 6.01. The van der Waals surface area contributed by atoms with Crippen LogP contribution in [-0.4, -0.2) is 70.4 Å². The van der Waals surface area contributed by atoms with E-state index in [0.29, 0.717) is 0 Å². The maximum absolute atomic E-state index is 12.5. The predicted octanol–water partition coefficient (Wildman–Crippen LogP) is 2.95. The number of carbonyl (C=O) groups excluding carboxylic acids is 2. The monoisotopic (exact) mass is 455 g/mol. The third kappa shape index (κ3) is 5.61. The molecule has 0 aliphatic carbocycles. The minimum absolute atomic E-state index is 0.0260. The highest BCUT2D eigenvalue weighted by Gasteiger charge is 2.48. The highest BCUT2D eigenvalue weighted by Crippen LogP contribution is 2.34. The van der Waals surface area contributed by atoms with Crippen LogP contribution in [0.25, 0.3) is 0 Å². The normalized spacial score (nSPS) is 34.7. The number of fused-ring (bicyclic) bond motifs is 1. The Morgan fingerprint density at radius 2 is 1.64 bits per heavy atom. The van der Waals surface area contributed by atoms with Crippen molar-refractivity contribution in [1.82, 2.24) is 4.90 Å². The molecule has 3 saturated heterocycles. The number of Topliss-reactive ketones (excluding diaryl/α,β-unsaturated/α-hetero) is 1. The van der Waals surface area contributed by atoms with E-state index in [9.17, 15) is 19.8 Å². The van der Waals surface area contributed by atoms with Gasteiger partial charge in [0, 0.05) is 13.5 Å². The van der Waals surface area contributed by atoms with Crippen molar-refractivity contribution in [2.75, 3.05) is 7.05 Å². The first-order chi connectivity index (χ1) is 15.7. The lowest BCUT2D eigenvalue weighted by atomic mass is 9.98. The molecule has 3 rings (SSSR count). The van der Waals surface area contributed by atoms with Gasteiger partial charge in [-0.05, 0) is 18.9 Å². The van der Waals surface area contributed by atoms with E-state index in [1.54, 1.807) is 31.4 Å². The van der Waals surface area contributed by atoms with Gasteiger partial charge in [-0.25, -0.2) is 0 Å². The number of hydrogen-bond acceptors (Lipinski definition) is 6. The van der Waals surface area contributed by atoms with Crippen molar-refractivity contribution in [2.24, 2.45) is 5.92 Å². The highest BCUT2D eigenvalue weighted by atomic mass is 16.6. The summed E-state index contributed by atoms with van der Waals surface area (Å²) in [6.07, 6.45) is 17.0. The summed E-state index contributed by atoms with van der Waals surface area (Å²) in [6, 6.07) is -0.539. The van der Waals surface area contributed by atoms with Crippen LogP contribution >= 0.6 is 0 Å². The second-order valence-electron chi connectivity index (χ2n) is 8.90. The Labute approximate surface area is 195 Å². The van der Waals surface area contributed by atoms with E-state index in [2.05, 4.69) is 0 Å². The van der Waals surface area contributed by atoms with E-state index in [1.165, 1.54) is 11.0 Å². The van der Waals surface area contributed by atoms with Gasteiger partial charge in [-0.3, -0.25) is 9.59 Å². The molecule has 6 atom stereocenters. The lowest BCUT2D eigenvalue weighted by Crippen LogP contribution is -2.36. The minimum Gasteiger partial charge on any atom is -0.507 e. The molecule has 0 unspecified atom stereocenters. The van der Waals surface area contributed by atoms with E-state index >= 15 is 0 Å². The van der Waals surface area contributed by atoms with Crippen molar-refractivity contribution in [3.63, 3.8) is 0 Å². The van der Waals surface area contributed by atoms with E-state index in [-0.39, 0.29) is 47.4 Å². The molecule has 0 spiro atoms. The zero-order valence-electron chi connectivity index (χ0n) is 19.5. The molecule has 0 aromatic heterocycles. The topological polar surface area (TPSA) is 96.3 Å². The van der Waals surface area contributed by atoms with Crippen LogP contribution in [0.2, 0.25) is 0 Å². The maximum Gasteiger partial charge on any atom is 0.261 e. The van der Waals surface area contributed by atoms with Crippen LogP contribution in [0.3, 0.4) is 0 Å². The fourth-order valence-electron chi connectivity index (χ4n) is 4.44. The predicted molar refractivity (Wildman–Crippen MR) is 125 cm³/mol. The summed E-state index contributed by atoms with van der Waals surface area (Å²) in [5.74, 6) is -1.15. The number of allylic oxidation sites excluding steroid dienone is 9. The largest absolute Gasteiger partial charge is 0.507 e. The second kappa shape index (κ2) is 10.9.